The third-order valence-corrected chi connectivity index (χ3v) is 5.04. The summed E-state index contributed by atoms with van der Waals surface area (Å²) in [6.07, 6.45) is 2.08. The summed E-state index contributed by atoms with van der Waals surface area (Å²) in [5.41, 5.74) is 2.17. The van der Waals surface area contributed by atoms with Crippen LogP contribution in [0.2, 0.25) is 0 Å². The molecule has 3 heterocycles. The van der Waals surface area contributed by atoms with Gasteiger partial charge in [0.05, 0.1) is 12.6 Å². The third kappa shape index (κ3) is 3.19. The van der Waals surface area contributed by atoms with Gasteiger partial charge in [0.2, 0.25) is 0 Å². The number of para-hydroxylation sites is 1. The predicted molar refractivity (Wildman–Crippen MR) is 97.4 cm³/mol. The Hall–Kier alpha value is -2.18. The van der Waals surface area contributed by atoms with Gasteiger partial charge in [-0.3, -0.25) is 10.6 Å². The Balaban J connectivity index is 1.34. The minimum atomic E-state index is 0.160. The van der Waals surface area contributed by atoms with Crippen molar-refractivity contribution in [2.45, 2.75) is 52.2 Å². The summed E-state index contributed by atoms with van der Waals surface area (Å²) in [5, 5.41) is 12.8. The van der Waals surface area contributed by atoms with E-state index in [1.165, 1.54) is 10.9 Å². The van der Waals surface area contributed by atoms with Gasteiger partial charge in [0.25, 0.3) is 0 Å². The molecular formula is C19H25N5O. The van der Waals surface area contributed by atoms with Gasteiger partial charge in [-0.05, 0) is 38.8 Å². The van der Waals surface area contributed by atoms with Crippen LogP contribution in [-0.2, 0) is 13.0 Å². The van der Waals surface area contributed by atoms with E-state index in [-0.39, 0.29) is 6.04 Å². The zero-order valence-corrected chi connectivity index (χ0v) is 15.0. The van der Waals surface area contributed by atoms with Crippen molar-refractivity contribution < 1.29 is 4.42 Å². The van der Waals surface area contributed by atoms with Crippen LogP contribution in [0.5, 0.6) is 0 Å². The molecule has 2 atom stereocenters. The summed E-state index contributed by atoms with van der Waals surface area (Å²) >= 11 is 0. The van der Waals surface area contributed by atoms with E-state index in [4.69, 9.17) is 4.42 Å². The van der Waals surface area contributed by atoms with Crippen LogP contribution >= 0.6 is 0 Å². The number of aryl methyl sites for hydroxylation is 3. The molecule has 6 nitrogen and oxygen atoms in total. The zero-order chi connectivity index (χ0) is 17.4. The predicted octanol–water partition coefficient (Wildman–Crippen LogP) is 2.85. The molecule has 0 bridgehead atoms. The van der Waals surface area contributed by atoms with Crippen molar-refractivity contribution in [1.82, 2.24) is 25.4 Å². The topological polar surface area (TPSA) is 67.9 Å². The van der Waals surface area contributed by atoms with E-state index in [2.05, 4.69) is 46.7 Å². The Kier molecular flexibility index (Phi) is 4.31. The molecule has 2 unspecified atom stereocenters. The second-order valence-electron chi connectivity index (χ2n) is 6.89. The average molecular weight is 339 g/mol. The fourth-order valence-corrected chi connectivity index (χ4v) is 3.66. The molecule has 0 amide bonds. The maximum absolute atomic E-state index is 6.04. The zero-order valence-electron chi connectivity index (χ0n) is 15.0. The first-order valence-corrected chi connectivity index (χ1v) is 8.97. The normalized spacial score (nSPS) is 18.4. The van der Waals surface area contributed by atoms with Crippen LogP contribution in [0.15, 0.2) is 28.7 Å². The van der Waals surface area contributed by atoms with Crippen LogP contribution in [0.3, 0.4) is 0 Å². The number of aromatic nitrogens is 3. The largest absolute Gasteiger partial charge is 0.459 e. The quantitative estimate of drug-likeness (QED) is 0.700. The number of nitrogens with one attached hydrogen (secondary N) is 2. The van der Waals surface area contributed by atoms with Crippen molar-refractivity contribution in [3.63, 3.8) is 0 Å². The summed E-state index contributed by atoms with van der Waals surface area (Å²) in [4.78, 5) is 4.46. The molecule has 6 heteroatoms. The molecular weight excluding hydrogens is 314 g/mol. The molecule has 0 saturated carbocycles. The summed E-state index contributed by atoms with van der Waals surface area (Å²) in [7, 11) is 0. The first-order valence-electron chi connectivity index (χ1n) is 8.97. The van der Waals surface area contributed by atoms with E-state index in [0.29, 0.717) is 6.04 Å². The molecule has 4 rings (SSSR count). The van der Waals surface area contributed by atoms with Gasteiger partial charge in [0.1, 0.15) is 23.0 Å². The molecule has 3 aromatic rings. The average Bonchev–Trinajstić information content (AvgIpc) is 3.14. The van der Waals surface area contributed by atoms with Crippen molar-refractivity contribution in [3.05, 3.63) is 47.2 Å². The number of hydrogen-bond acceptors (Lipinski definition) is 5. The molecule has 25 heavy (non-hydrogen) atoms. The van der Waals surface area contributed by atoms with Gasteiger partial charge in [-0.1, -0.05) is 18.2 Å². The maximum Gasteiger partial charge on any atom is 0.147 e. The van der Waals surface area contributed by atoms with Crippen molar-refractivity contribution >= 4 is 11.0 Å². The maximum atomic E-state index is 6.04. The molecule has 0 saturated heterocycles. The van der Waals surface area contributed by atoms with Gasteiger partial charge >= 0.3 is 0 Å². The minimum absolute atomic E-state index is 0.160. The van der Waals surface area contributed by atoms with E-state index in [1.54, 1.807) is 0 Å². The van der Waals surface area contributed by atoms with Gasteiger partial charge in [-0.25, -0.2) is 9.67 Å². The molecule has 1 aliphatic heterocycles. The molecule has 1 aromatic carbocycles. The van der Waals surface area contributed by atoms with Gasteiger partial charge in [-0.2, -0.15) is 5.10 Å². The van der Waals surface area contributed by atoms with E-state index in [0.717, 1.165) is 49.0 Å². The minimum Gasteiger partial charge on any atom is -0.459 e. The number of fused-ring (bicyclic) bond motifs is 2. The summed E-state index contributed by atoms with van der Waals surface area (Å²) in [6, 6.07) is 8.78. The van der Waals surface area contributed by atoms with Crippen molar-refractivity contribution in [3.8, 4) is 0 Å². The molecule has 0 fully saturated rings. The van der Waals surface area contributed by atoms with Crippen LogP contribution in [0.25, 0.3) is 11.0 Å². The van der Waals surface area contributed by atoms with Gasteiger partial charge in [0, 0.05) is 24.5 Å². The highest BCUT2D eigenvalue weighted by Gasteiger charge is 2.21. The molecule has 0 radical (unpaired) electrons. The molecule has 0 aliphatic carbocycles. The van der Waals surface area contributed by atoms with Crippen molar-refractivity contribution in [2.24, 2.45) is 0 Å². The highest BCUT2D eigenvalue weighted by Crippen LogP contribution is 2.28. The van der Waals surface area contributed by atoms with Gasteiger partial charge in [-0.15, -0.1) is 0 Å². The van der Waals surface area contributed by atoms with Crippen molar-refractivity contribution in [1.29, 1.82) is 0 Å². The highest BCUT2D eigenvalue weighted by atomic mass is 16.3. The fourth-order valence-electron chi connectivity index (χ4n) is 3.66. The van der Waals surface area contributed by atoms with Crippen LogP contribution in [0.1, 0.15) is 42.4 Å². The van der Waals surface area contributed by atoms with E-state index >= 15 is 0 Å². The third-order valence-electron chi connectivity index (χ3n) is 5.04. The lowest BCUT2D eigenvalue weighted by Crippen LogP contribution is -2.43. The molecule has 2 N–H and O–H groups in total. The Morgan fingerprint density at radius 1 is 1.32 bits per heavy atom. The number of furan rings is 1. The molecule has 1 aliphatic rings. The Labute approximate surface area is 147 Å². The number of benzene rings is 1. The second-order valence-corrected chi connectivity index (χ2v) is 6.89. The first-order chi connectivity index (χ1) is 12.1. The Bertz CT molecular complexity index is 881. The number of hydrogen-bond donors (Lipinski definition) is 2. The second kappa shape index (κ2) is 6.61. The molecule has 132 valence electrons. The summed E-state index contributed by atoms with van der Waals surface area (Å²) in [6.45, 7) is 7.85. The van der Waals surface area contributed by atoms with Crippen LogP contribution < -0.4 is 10.6 Å². The highest BCUT2D eigenvalue weighted by molar-refractivity contribution is 5.82. The van der Waals surface area contributed by atoms with Crippen LogP contribution in [-0.4, -0.2) is 27.5 Å². The lowest BCUT2D eigenvalue weighted by atomic mass is 10.1. The Morgan fingerprint density at radius 2 is 2.16 bits per heavy atom. The lowest BCUT2D eigenvalue weighted by Gasteiger charge is -2.24. The standard InChI is InChI=1S/C19H25N5O/c1-12-16-6-4-5-7-17(16)25-19(12)13(2)20-11-21-15-8-9-18-22-14(3)23-24(18)10-15/h4-7,13,15,20-21H,8-11H2,1-3H3. The Morgan fingerprint density at radius 3 is 3.00 bits per heavy atom. The van der Waals surface area contributed by atoms with Gasteiger partial charge in [0.15, 0.2) is 0 Å². The smallest absolute Gasteiger partial charge is 0.147 e. The molecule has 2 aromatic heterocycles. The van der Waals surface area contributed by atoms with Gasteiger partial charge < -0.3 is 4.42 Å². The molecule has 0 spiro atoms. The number of nitrogens with zero attached hydrogens (tertiary/aromatic N) is 3. The van der Waals surface area contributed by atoms with E-state index in [1.807, 2.05) is 23.7 Å². The first kappa shape index (κ1) is 16.3. The van der Waals surface area contributed by atoms with E-state index in [9.17, 15) is 0 Å². The van der Waals surface area contributed by atoms with Crippen molar-refractivity contribution in [2.75, 3.05) is 6.67 Å². The SMILES string of the molecule is Cc1nc2n(n1)CC(NCNC(C)c1oc3ccccc3c1C)CC2. The van der Waals surface area contributed by atoms with Crippen LogP contribution in [0.4, 0.5) is 0 Å². The monoisotopic (exact) mass is 339 g/mol. The fraction of sp³-hybridized carbons (Fsp3) is 0.474. The van der Waals surface area contributed by atoms with Crippen LogP contribution in [0, 0.1) is 13.8 Å². The van der Waals surface area contributed by atoms with E-state index < -0.39 is 0 Å². The number of rotatable bonds is 5. The summed E-state index contributed by atoms with van der Waals surface area (Å²) in [5.74, 6) is 2.98. The summed E-state index contributed by atoms with van der Waals surface area (Å²) < 4.78 is 8.07. The lowest BCUT2D eigenvalue weighted by molar-refractivity contribution is 0.336.